The van der Waals surface area contributed by atoms with Gasteiger partial charge in [0.25, 0.3) is 0 Å². The van der Waals surface area contributed by atoms with Crippen LogP contribution in [0.15, 0.2) is 22.6 Å². The molecule has 0 fully saturated rings. The highest BCUT2D eigenvalue weighted by Crippen LogP contribution is 2.21. The molecule has 4 nitrogen and oxygen atoms in total. The van der Waals surface area contributed by atoms with Gasteiger partial charge in [0.15, 0.2) is 0 Å². The number of aryl methyl sites for hydroxylation is 2. The van der Waals surface area contributed by atoms with Crippen molar-refractivity contribution in [1.82, 2.24) is 10.2 Å². The Morgan fingerprint density at radius 3 is 2.65 bits per heavy atom. The Morgan fingerprint density at radius 2 is 2.06 bits per heavy atom. The van der Waals surface area contributed by atoms with Gasteiger partial charge in [0.1, 0.15) is 6.04 Å². The van der Waals surface area contributed by atoms with Crippen molar-refractivity contribution in [3.05, 3.63) is 39.1 Å². The second-order valence-electron chi connectivity index (χ2n) is 3.99. The van der Waals surface area contributed by atoms with Crippen molar-refractivity contribution in [2.24, 2.45) is 0 Å². The van der Waals surface area contributed by atoms with Gasteiger partial charge in [0, 0.05) is 16.2 Å². The van der Waals surface area contributed by atoms with Crippen LogP contribution in [-0.2, 0) is 0 Å². The van der Waals surface area contributed by atoms with Gasteiger partial charge in [-0.15, -0.1) is 10.2 Å². The van der Waals surface area contributed by atoms with Crippen LogP contribution in [-0.4, -0.2) is 10.2 Å². The third-order valence-electron chi connectivity index (χ3n) is 2.47. The second-order valence-corrected chi connectivity index (χ2v) is 5.15. The molecule has 2 aromatic rings. The quantitative estimate of drug-likeness (QED) is 0.868. The zero-order valence-corrected chi connectivity index (χ0v) is 12.1. The van der Waals surface area contributed by atoms with Gasteiger partial charge in [-0.2, -0.15) is 0 Å². The first-order valence-corrected chi connectivity index (χ1v) is 6.47. The molecule has 1 aromatic carbocycles. The average molecular weight is 343 g/mol. The molecular weight excluding hydrogens is 329 g/mol. The van der Waals surface area contributed by atoms with Gasteiger partial charge in [-0.3, -0.25) is 0 Å². The predicted molar refractivity (Wildman–Crippen MR) is 75.0 cm³/mol. The van der Waals surface area contributed by atoms with E-state index in [2.05, 4.69) is 63.2 Å². The van der Waals surface area contributed by atoms with Crippen LogP contribution >= 0.6 is 22.6 Å². The molecule has 0 saturated heterocycles. The average Bonchev–Trinajstić information content (AvgIpc) is 2.70. The topological polar surface area (TPSA) is 51.0 Å². The number of benzene rings is 1. The van der Waals surface area contributed by atoms with E-state index < -0.39 is 0 Å². The van der Waals surface area contributed by atoms with Crippen molar-refractivity contribution < 1.29 is 4.42 Å². The fourth-order valence-corrected chi connectivity index (χ4v) is 2.00. The van der Waals surface area contributed by atoms with E-state index in [-0.39, 0.29) is 6.04 Å². The Hall–Kier alpha value is -1.11. The summed E-state index contributed by atoms with van der Waals surface area (Å²) in [6.07, 6.45) is 0. The van der Waals surface area contributed by atoms with Crippen molar-refractivity contribution in [2.75, 3.05) is 5.32 Å². The maximum atomic E-state index is 5.38. The lowest BCUT2D eigenvalue weighted by Crippen LogP contribution is -2.07. The van der Waals surface area contributed by atoms with Gasteiger partial charge in [-0.05, 0) is 54.1 Å². The molecule has 2 rings (SSSR count). The molecule has 0 aliphatic carbocycles. The number of nitrogens with one attached hydrogen (secondary N) is 1. The largest absolute Gasteiger partial charge is 0.423 e. The fourth-order valence-electron chi connectivity index (χ4n) is 1.48. The molecule has 0 radical (unpaired) electrons. The summed E-state index contributed by atoms with van der Waals surface area (Å²) in [7, 11) is 0. The van der Waals surface area contributed by atoms with Gasteiger partial charge >= 0.3 is 0 Å². The number of anilines is 1. The van der Waals surface area contributed by atoms with Gasteiger partial charge < -0.3 is 9.73 Å². The smallest absolute Gasteiger partial charge is 0.238 e. The van der Waals surface area contributed by atoms with Crippen LogP contribution in [0.5, 0.6) is 0 Å². The molecule has 0 spiro atoms. The van der Waals surface area contributed by atoms with Gasteiger partial charge in [0.2, 0.25) is 11.8 Å². The summed E-state index contributed by atoms with van der Waals surface area (Å²) in [6, 6.07) is 6.26. The van der Waals surface area contributed by atoms with Crippen LogP contribution in [0.25, 0.3) is 0 Å². The lowest BCUT2D eigenvalue weighted by Gasteiger charge is -2.12. The summed E-state index contributed by atoms with van der Waals surface area (Å²) >= 11 is 2.32. The summed E-state index contributed by atoms with van der Waals surface area (Å²) in [6.45, 7) is 5.88. The molecule has 1 N–H and O–H groups in total. The first kappa shape index (κ1) is 12.3. The van der Waals surface area contributed by atoms with E-state index >= 15 is 0 Å². The van der Waals surface area contributed by atoms with Crippen molar-refractivity contribution in [1.29, 1.82) is 0 Å². The van der Waals surface area contributed by atoms with Crippen molar-refractivity contribution >= 4 is 28.3 Å². The number of nitrogens with zero attached hydrogens (tertiary/aromatic N) is 2. The molecule has 0 unspecified atom stereocenters. The minimum atomic E-state index is 0.00899. The number of rotatable bonds is 3. The molecule has 17 heavy (non-hydrogen) atoms. The van der Waals surface area contributed by atoms with Crippen LogP contribution in [0, 0.1) is 17.4 Å². The summed E-state index contributed by atoms with van der Waals surface area (Å²) in [5.41, 5.74) is 2.33. The monoisotopic (exact) mass is 343 g/mol. The van der Waals surface area contributed by atoms with E-state index in [1.807, 2.05) is 6.92 Å². The highest BCUT2D eigenvalue weighted by molar-refractivity contribution is 14.1. The van der Waals surface area contributed by atoms with E-state index in [9.17, 15) is 0 Å². The van der Waals surface area contributed by atoms with Crippen LogP contribution in [0.1, 0.15) is 30.3 Å². The van der Waals surface area contributed by atoms with Crippen LogP contribution < -0.4 is 5.32 Å². The molecule has 5 heteroatoms. The van der Waals surface area contributed by atoms with E-state index in [0.29, 0.717) is 11.8 Å². The Kier molecular flexibility index (Phi) is 3.66. The lowest BCUT2D eigenvalue weighted by atomic mass is 10.2. The molecule has 1 aromatic heterocycles. The van der Waals surface area contributed by atoms with Crippen LogP contribution in [0.2, 0.25) is 0 Å². The Labute approximate surface area is 114 Å². The number of halogens is 1. The lowest BCUT2D eigenvalue weighted by molar-refractivity contribution is 0.451. The van der Waals surface area contributed by atoms with Gasteiger partial charge in [0.05, 0.1) is 0 Å². The molecule has 0 aliphatic rings. The van der Waals surface area contributed by atoms with E-state index in [4.69, 9.17) is 4.42 Å². The van der Waals surface area contributed by atoms with E-state index in [1.54, 1.807) is 6.92 Å². The fraction of sp³-hybridized carbons (Fsp3) is 0.333. The van der Waals surface area contributed by atoms with Crippen molar-refractivity contribution in [2.45, 2.75) is 26.8 Å². The summed E-state index contributed by atoms with van der Waals surface area (Å²) in [4.78, 5) is 0. The van der Waals surface area contributed by atoms with Crippen molar-refractivity contribution in [3.63, 3.8) is 0 Å². The van der Waals surface area contributed by atoms with Crippen LogP contribution in [0.4, 0.5) is 5.69 Å². The maximum Gasteiger partial charge on any atom is 0.238 e. The second kappa shape index (κ2) is 5.03. The molecule has 0 aliphatic heterocycles. The minimum absolute atomic E-state index is 0.00899. The van der Waals surface area contributed by atoms with Gasteiger partial charge in [-0.1, -0.05) is 6.07 Å². The standard InChI is InChI=1S/C12H14IN3O/c1-7-4-5-10(6-11(7)13)14-8(2)12-16-15-9(3)17-12/h4-6,8,14H,1-3H3/t8-/m1/s1. The predicted octanol–water partition coefficient (Wildman–Crippen LogP) is 3.46. The third-order valence-corrected chi connectivity index (χ3v) is 3.63. The SMILES string of the molecule is Cc1nnc([C@@H](C)Nc2ccc(C)c(I)c2)o1. The highest BCUT2D eigenvalue weighted by Gasteiger charge is 2.12. The highest BCUT2D eigenvalue weighted by atomic mass is 127. The molecule has 1 atom stereocenters. The third kappa shape index (κ3) is 2.96. The Balaban J connectivity index is 2.12. The molecule has 1 heterocycles. The summed E-state index contributed by atoms with van der Waals surface area (Å²) < 4.78 is 6.62. The van der Waals surface area contributed by atoms with Crippen LogP contribution in [0.3, 0.4) is 0 Å². The molecule has 0 amide bonds. The number of hydrogen-bond acceptors (Lipinski definition) is 4. The van der Waals surface area contributed by atoms with E-state index in [0.717, 1.165) is 5.69 Å². The molecule has 0 bridgehead atoms. The minimum Gasteiger partial charge on any atom is -0.423 e. The zero-order valence-electron chi connectivity index (χ0n) is 9.99. The Morgan fingerprint density at radius 1 is 1.29 bits per heavy atom. The molecule has 90 valence electrons. The normalized spacial score (nSPS) is 12.5. The first-order valence-electron chi connectivity index (χ1n) is 5.39. The van der Waals surface area contributed by atoms with Gasteiger partial charge in [-0.25, -0.2) is 0 Å². The van der Waals surface area contributed by atoms with Crippen molar-refractivity contribution in [3.8, 4) is 0 Å². The van der Waals surface area contributed by atoms with E-state index in [1.165, 1.54) is 9.13 Å². The maximum absolute atomic E-state index is 5.38. The first-order chi connectivity index (χ1) is 8.06. The summed E-state index contributed by atoms with van der Waals surface area (Å²) in [5.74, 6) is 1.20. The number of aromatic nitrogens is 2. The Bertz CT molecular complexity index is 524. The summed E-state index contributed by atoms with van der Waals surface area (Å²) in [5, 5.41) is 11.2. The number of hydrogen-bond donors (Lipinski definition) is 1. The zero-order chi connectivity index (χ0) is 12.4. The molecule has 0 saturated carbocycles. The molecular formula is C12H14IN3O.